The number of carbonyl (C=O) groups is 1. The SMILES string of the molecule is CCCNCCNC(=O)c1sc(Cc2ccccc2)nc1C. The van der Waals surface area contributed by atoms with Crippen molar-refractivity contribution in [3.63, 3.8) is 0 Å². The molecule has 1 heterocycles. The van der Waals surface area contributed by atoms with E-state index in [4.69, 9.17) is 0 Å². The Bertz CT molecular complexity index is 595. The number of nitrogens with one attached hydrogen (secondary N) is 2. The number of nitrogens with zero attached hydrogens (tertiary/aromatic N) is 1. The lowest BCUT2D eigenvalue weighted by molar-refractivity contribution is 0.0957. The van der Waals surface area contributed by atoms with Crippen molar-refractivity contribution < 1.29 is 4.79 Å². The highest BCUT2D eigenvalue weighted by Crippen LogP contribution is 2.20. The smallest absolute Gasteiger partial charge is 0.263 e. The maximum Gasteiger partial charge on any atom is 0.263 e. The molecule has 22 heavy (non-hydrogen) atoms. The number of rotatable bonds is 8. The molecule has 1 aromatic carbocycles. The van der Waals surface area contributed by atoms with E-state index in [1.54, 1.807) is 0 Å². The van der Waals surface area contributed by atoms with Crippen molar-refractivity contribution in [2.45, 2.75) is 26.7 Å². The molecule has 2 N–H and O–H groups in total. The molecule has 2 aromatic rings. The summed E-state index contributed by atoms with van der Waals surface area (Å²) in [6.07, 6.45) is 1.88. The Labute approximate surface area is 136 Å². The van der Waals surface area contributed by atoms with Gasteiger partial charge in [-0.25, -0.2) is 4.98 Å². The number of hydrogen-bond donors (Lipinski definition) is 2. The van der Waals surface area contributed by atoms with E-state index in [1.165, 1.54) is 16.9 Å². The van der Waals surface area contributed by atoms with E-state index in [0.29, 0.717) is 6.54 Å². The van der Waals surface area contributed by atoms with Gasteiger partial charge in [0, 0.05) is 19.5 Å². The molecule has 0 atom stereocenters. The van der Waals surface area contributed by atoms with E-state index in [0.717, 1.165) is 41.5 Å². The summed E-state index contributed by atoms with van der Waals surface area (Å²) in [7, 11) is 0. The van der Waals surface area contributed by atoms with Crippen molar-refractivity contribution in [3.05, 3.63) is 51.5 Å². The van der Waals surface area contributed by atoms with Gasteiger partial charge in [0.1, 0.15) is 4.88 Å². The molecule has 0 aliphatic carbocycles. The lowest BCUT2D eigenvalue weighted by atomic mass is 10.2. The van der Waals surface area contributed by atoms with Crippen molar-refractivity contribution in [1.29, 1.82) is 0 Å². The van der Waals surface area contributed by atoms with Gasteiger partial charge in [0.15, 0.2) is 0 Å². The summed E-state index contributed by atoms with van der Waals surface area (Å²) in [6.45, 7) is 6.45. The van der Waals surface area contributed by atoms with Crippen LogP contribution in [0.3, 0.4) is 0 Å². The van der Waals surface area contributed by atoms with Crippen molar-refractivity contribution in [1.82, 2.24) is 15.6 Å². The summed E-state index contributed by atoms with van der Waals surface area (Å²) < 4.78 is 0. The van der Waals surface area contributed by atoms with Crippen molar-refractivity contribution in [2.24, 2.45) is 0 Å². The van der Waals surface area contributed by atoms with Gasteiger partial charge in [0.2, 0.25) is 0 Å². The second-order valence-electron chi connectivity index (χ2n) is 5.19. The molecule has 0 bridgehead atoms. The molecule has 0 saturated heterocycles. The average molecular weight is 317 g/mol. The number of hydrogen-bond acceptors (Lipinski definition) is 4. The van der Waals surface area contributed by atoms with E-state index in [2.05, 4.69) is 34.7 Å². The van der Waals surface area contributed by atoms with Crippen LogP contribution < -0.4 is 10.6 Å². The summed E-state index contributed by atoms with van der Waals surface area (Å²) in [6, 6.07) is 10.2. The monoisotopic (exact) mass is 317 g/mol. The summed E-state index contributed by atoms with van der Waals surface area (Å²) >= 11 is 1.49. The Balaban J connectivity index is 1.90. The lowest BCUT2D eigenvalue weighted by Crippen LogP contribution is -2.32. The molecule has 0 saturated carbocycles. The van der Waals surface area contributed by atoms with Gasteiger partial charge in [0.25, 0.3) is 5.91 Å². The average Bonchev–Trinajstić information content (AvgIpc) is 2.88. The van der Waals surface area contributed by atoms with Gasteiger partial charge < -0.3 is 10.6 Å². The summed E-state index contributed by atoms with van der Waals surface area (Å²) in [5, 5.41) is 7.20. The molecule has 2 rings (SSSR count). The first-order valence-electron chi connectivity index (χ1n) is 7.70. The van der Waals surface area contributed by atoms with E-state index < -0.39 is 0 Å². The third-order valence-electron chi connectivity index (χ3n) is 3.26. The maximum atomic E-state index is 12.2. The third kappa shape index (κ3) is 4.93. The molecule has 4 nitrogen and oxygen atoms in total. The molecular formula is C17H23N3OS. The molecule has 1 amide bonds. The van der Waals surface area contributed by atoms with E-state index in [9.17, 15) is 4.79 Å². The number of amides is 1. The zero-order valence-electron chi connectivity index (χ0n) is 13.2. The van der Waals surface area contributed by atoms with E-state index in [1.807, 2.05) is 25.1 Å². The van der Waals surface area contributed by atoms with Gasteiger partial charge in [-0.05, 0) is 25.5 Å². The molecule has 0 aliphatic rings. The maximum absolute atomic E-state index is 12.2. The van der Waals surface area contributed by atoms with Gasteiger partial charge in [-0.15, -0.1) is 11.3 Å². The molecule has 0 radical (unpaired) electrons. The van der Waals surface area contributed by atoms with Gasteiger partial charge in [0.05, 0.1) is 10.7 Å². The Morgan fingerprint density at radius 3 is 2.68 bits per heavy atom. The Hall–Kier alpha value is -1.72. The van der Waals surface area contributed by atoms with Crippen LogP contribution in [0.1, 0.15) is 39.3 Å². The van der Waals surface area contributed by atoms with Crippen molar-refractivity contribution in [2.75, 3.05) is 19.6 Å². The fourth-order valence-electron chi connectivity index (χ4n) is 2.16. The topological polar surface area (TPSA) is 54.0 Å². The highest BCUT2D eigenvalue weighted by molar-refractivity contribution is 7.13. The summed E-state index contributed by atoms with van der Waals surface area (Å²) in [5.74, 6) is -0.0207. The van der Waals surface area contributed by atoms with Crippen LogP contribution in [0.4, 0.5) is 0 Å². The third-order valence-corrected chi connectivity index (χ3v) is 4.42. The van der Waals surface area contributed by atoms with Gasteiger partial charge in [-0.3, -0.25) is 4.79 Å². The van der Waals surface area contributed by atoms with Crippen LogP contribution in [-0.4, -0.2) is 30.5 Å². The highest BCUT2D eigenvalue weighted by Gasteiger charge is 2.14. The van der Waals surface area contributed by atoms with Crippen molar-refractivity contribution >= 4 is 17.2 Å². The lowest BCUT2D eigenvalue weighted by Gasteiger charge is -2.04. The number of aromatic nitrogens is 1. The number of aryl methyl sites for hydroxylation is 1. The predicted molar refractivity (Wildman–Crippen MR) is 91.6 cm³/mol. The first-order chi connectivity index (χ1) is 10.7. The van der Waals surface area contributed by atoms with Crippen LogP contribution in [0.5, 0.6) is 0 Å². The number of thiazole rings is 1. The minimum Gasteiger partial charge on any atom is -0.350 e. The standard InChI is InChI=1S/C17H23N3OS/c1-3-9-18-10-11-19-17(21)16-13(2)20-15(22-16)12-14-7-5-4-6-8-14/h4-8,18H,3,9-12H2,1-2H3,(H,19,21). The molecule has 1 aromatic heterocycles. The molecule has 0 aliphatic heterocycles. The molecule has 0 fully saturated rings. The zero-order valence-corrected chi connectivity index (χ0v) is 14.0. The van der Waals surface area contributed by atoms with Crippen LogP contribution >= 0.6 is 11.3 Å². The predicted octanol–water partition coefficient (Wildman–Crippen LogP) is 2.77. The van der Waals surface area contributed by atoms with Gasteiger partial charge >= 0.3 is 0 Å². The molecule has 5 heteroatoms. The first-order valence-corrected chi connectivity index (χ1v) is 8.51. The van der Waals surface area contributed by atoms with Gasteiger partial charge in [-0.2, -0.15) is 0 Å². The van der Waals surface area contributed by atoms with Gasteiger partial charge in [-0.1, -0.05) is 37.3 Å². The van der Waals surface area contributed by atoms with Crippen LogP contribution in [0.25, 0.3) is 0 Å². The minimum absolute atomic E-state index is 0.0207. The summed E-state index contributed by atoms with van der Waals surface area (Å²) in [4.78, 5) is 17.4. The van der Waals surface area contributed by atoms with E-state index >= 15 is 0 Å². The largest absolute Gasteiger partial charge is 0.350 e. The number of carbonyl (C=O) groups excluding carboxylic acids is 1. The Kier molecular flexibility index (Phi) is 6.55. The number of benzene rings is 1. The normalized spacial score (nSPS) is 10.6. The highest BCUT2D eigenvalue weighted by atomic mass is 32.1. The van der Waals surface area contributed by atoms with Crippen LogP contribution in [0.2, 0.25) is 0 Å². The Morgan fingerprint density at radius 2 is 1.95 bits per heavy atom. The summed E-state index contributed by atoms with van der Waals surface area (Å²) in [5.41, 5.74) is 2.03. The second-order valence-corrected chi connectivity index (χ2v) is 6.27. The minimum atomic E-state index is -0.0207. The molecule has 0 unspecified atom stereocenters. The van der Waals surface area contributed by atoms with E-state index in [-0.39, 0.29) is 5.91 Å². The molecule has 0 spiro atoms. The quantitative estimate of drug-likeness (QED) is 0.736. The molecule has 118 valence electrons. The Morgan fingerprint density at radius 1 is 1.18 bits per heavy atom. The fraction of sp³-hybridized carbons (Fsp3) is 0.412. The molecular weight excluding hydrogens is 294 g/mol. The van der Waals surface area contributed by atoms with Crippen LogP contribution in [-0.2, 0) is 6.42 Å². The second kappa shape index (κ2) is 8.66. The van der Waals surface area contributed by atoms with Crippen LogP contribution in [0.15, 0.2) is 30.3 Å². The first kappa shape index (κ1) is 16.6. The fourth-order valence-corrected chi connectivity index (χ4v) is 3.17. The van der Waals surface area contributed by atoms with Crippen molar-refractivity contribution in [3.8, 4) is 0 Å². The zero-order chi connectivity index (χ0) is 15.8. The van der Waals surface area contributed by atoms with Crippen LogP contribution in [0, 0.1) is 6.92 Å².